The molecular formula is C18H15F4N3O3. The second kappa shape index (κ2) is 7.19. The Bertz CT molecular complexity index is 932. The molecule has 0 amide bonds. The van der Waals surface area contributed by atoms with Gasteiger partial charge in [0.1, 0.15) is 5.54 Å². The van der Waals surface area contributed by atoms with Gasteiger partial charge in [0, 0.05) is 11.8 Å². The predicted octanol–water partition coefficient (Wildman–Crippen LogP) is 2.92. The number of benzene rings is 1. The summed E-state index contributed by atoms with van der Waals surface area (Å²) in [5.74, 6) is -3.48. The molecule has 3 rings (SSSR count). The molecule has 2 aromatic rings. The second-order valence-corrected chi connectivity index (χ2v) is 6.28. The molecule has 2 atom stereocenters. The zero-order valence-electron chi connectivity index (χ0n) is 14.5. The summed E-state index contributed by atoms with van der Waals surface area (Å²) in [5, 5.41) is 0. The maximum absolute atomic E-state index is 14.0. The van der Waals surface area contributed by atoms with Crippen LogP contribution in [0.25, 0.3) is 11.1 Å². The Balaban J connectivity index is 1.88. The summed E-state index contributed by atoms with van der Waals surface area (Å²) in [6, 6.07) is 9.85. The molecule has 1 aliphatic rings. The van der Waals surface area contributed by atoms with Crippen molar-refractivity contribution in [2.24, 2.45) is 10.7 Å². The number of pyridine rings is 1. The second-order valence-electron chi connectivity index (χ2n) is 6.28. The van der Waals surface area contributed by atoms with E-state index in [4.69, 9.17) is 10.5 Å². The molecule has 0 saturated carbocycles. The summed E-state index contributed by atoms with van der Waals surface area (Å²) in [7, 11) is 0. The van der Waals surface area contributed by atoms with E-state index < -0.39 is 35.8 Å². The fourth-order valence-electron chi connectivity index (χ4n) is 2.72. The van der Waals surface area contributed by atoms with Crippen LogP contribution in [0.2, 0.25) is 0 Å². The zero-order valence-corrected chi connectivity index (χ0v) is 14.5. The Labute approximate surface area is 157 Å². The summed E-state index contributed by atoms with van der Waals surface area (Å²) in [4.78, 5) is 18.7. The Kier molecular flexibility index (Phi) is 5.07. The van der Waals surface area contributed by atoms with E-state index in [9.17, 15) is 22.4 Å². The van der Waals surface area contributed by atoms with Crippen LogP contribution in [0.15, 0.2) is 47.6 Å². The Morgan fingerprint density at radius 3 is 2.71 bits per heavy atom. The minimum absolute atomic E-state index is 0.206. The first kappa shape index (κ1) is 19.7. The molecule has 28 heavy (non-hydrogen) atoms. The molecule has 1 aliphatic heterocycles. The van der Waals surface area contributed by atoms with Crippen molar-refractivity contribution in [2.75, 3.05) is 6.61 Å². The number of aromatic nitrogens is 1. The summed E-state index contributed by atoms with van der Waals surface area (Å²) in [5.41, 5.74) is 5.99. The molecule has 0 bridgehead atoms. The number of amidine groups is 1. The average Bonchev–Trinajstić information content (AvgIpc) is 2.64. The molecule has 0 fully saturated rings. The highest BCUT2D eigenvalue weighted by molar-refractivity contribution is 5.87. The summed E-state index contributed by atoms with van der Waals surface area (Å²) in [6.45, 7) is 1.43. The molecule has 0 spiro atoms. The number of nitrogens with two attached hydrogens (primary N) is 1. The molecule has 6 nitrogen and oxygen atoms in total. The Morgan fingerprint density at radius 2 is 2.07 bits per heavy atom. The number of ether oxygens (including phenoxy) is 2. The van der Waals surface area contributed by atoms with Crippen molar-refractivity contribution < 1.29 is 31.8 Å². The van der Waals surface area contributed by atoms with Crippen LogP contribution in [-0.2, 0) is 19.8 Å². The number of hydrogen-bond acceptors (Lipinski definition) is 6. The van der Waals surface area contributed by atoms with Crippen LogP contribution in [0.4, 0.5) is 17.6 Å². The lowest BCUT2D eigenvalue weighted by molar-refractivity contribution is -0.219. The number of esters is 1. The monoisotopic (exact) mass is 397 g/mol. The third kappa shape index (κ3) is 3.96. The van der Waals surface area contributed by atoms with Crippen molar-refractivity contribution in [3.8, 4) is 11.1 Å². The number of aliphatic imine (C=N–C) groups is 1. The third-order valence-electron chi connectivity index (χ3n) is 4.13. The SMILES string of the molecule is CC1(c2cccc(-c3cccnc3F)c2)COC(OC(=O)C(F)(F)F)C(N)=N1. The van der Waals surface area contributed by atoms with Crippen LogP contribution in [0, 0.1) is 5.95 Å². The number of halogens is 4. The molecule has 0 saturated heterocycles. The maximum Gasteiger partial charge on any atom is 0.491 e. The van der Waals surface area contributed by atoms with Gasteiger partial charge in [-0.25, -0.2) is 9.78 Å². The van der Waals surface area contributed by atoms with Gasteiger partial charge in [0.25, 0.3) is 6.29 Å². The molecule has 2 unspecified atom stereocenters. The quantitative estimate of drug-likeness (QED) is 0.489. The number of carbonyl (C=O) groups is 1. The highest BCUT2D eigenvalue weighted by Gasteiger charge is 2.45. The molecule has 0 radical (unpaired) electrons. The molecular weight excluding hydrogens is 382 g/mol. The van der Waals surface area contributed by atoms with Crippen LogP contribution in [-0.4, -0.2) is 35.9 Å². The molecule has 2 heterocycles. The van der Waals surface area contributed by atoms with Crippen LogP contribution in [0.5, 0.6) is 0 Å². The van der Waals surface area contributed by atoms with Crippen LogP contribution in [0.1, 0.15) is 12.5 Å². The van der Waals surface area contributed by atoms with Crippen LogP contribution >= 0.6 is 0 Å². The lowest BCUT2D eigenvalue weighted by Gasteiger charge is -2.34. The topological polar surface area (TPSA) is 86.8 Å². The Morgan fingerprint density at radius 1 is 1.32 bits per heavy atom. The molecule has 1 aromatic carbocycles. The van der Waals surface area contributed by atoms with Crippen molar-refractivity contribution in [2.45, 2.75) is 24.9 Å². The van der Waals surface area contributed by atoms with Gasteiger partial charge in [-0.05, 0) is 36.2 Å². The number of carbonyl (C=O) groups excluding carboxylic acids is 1. The van der Waals surface area contributed by atoms with Gasteiger partial charge in [-0.3, -0.25) is 4.99 Å². The van der Waals surface area contributed by atoms with Gasteiger partial charge in [-0.1, -0.05) is 18.2 Å². The normalized spacial score (nSPS) is 22.5. The fraction of sp³-hybridized carbons (Fsp3) is 0.278. The van der Waals surface area contributed by atoms with E-state index in [-0.39, 0.29) is 12.2 Å². The minimum atomic E-state index is -5.17. The van der Waals surface area contributed by atoms with Gasteiger partial charge >= 0.3 is 12.1 Å². The minimum Gasteiger partial charge on any atom is -0.421 e. The van der Waals surface area contributed by atoms with E-state index in [1.54, 1.807) is 43.3 Å². The molecule has 1 aromatic heterocycles. The van der Waals surface area contributed by atoms with Crippen molar-refractivity contribution in [1.82, 2.24) is 4.98 Å². The summed E-state index contributed by atoms with van der Waals surface area (Å²) >= 11 is 0. The first-order valence-electron chi connectivity index (χ1n) is 8.06. The lowest BCUT2D eigenvalue weighted by atomic mass is 9.90. The molecule has 148 valence electrons. The van der Waals surface area contributed by atoms with Gasteiger partial charge in [-0.15, -0.1) is 0 Å². The van der Waals surface area contributed by atoms with Crippen molar-refractivity contribution >= 4 is 11.8 Å². The average molecular weight is 397 g/mol. The van der Waals surface area contributed by atoms with Crippen molar-refractivity contribution in [3.05, 3.63) is 54.1 Å². The van der Waals surface area contributed by atoms with Crippen LogP contribution < -0.4 is 5.73 Å². The molecule has 2 N–H and O–H groups in total. The summed E-state index contributed by atoms with van der Waals surface area (Å²) in [6.07, 6.45) is -5.58. The van der Waals surface area contributed by atoms with E-state index >= 15 is 0 Å². The smallest absolute Gasteiger partial charge is 0.421 e. The lowest BCUT2D eigenvalue weighted by Crippen LogP contribution is -2.47. The molecule has 10 heteroatoms. The van der Waals surface area contributed by atoms with Crippen molar-refractivity contribution in [3.63, 3.8) is 0 Å². The van der Waals surface area contributed by atoms with Gasteiger partial charge in [0.15, 0.2) is 5.84 Å². The van der Waals surface area contributed by atoms with E-state index in [1.165, 1.54) is 6.20 Å². The number of alkyl halides is 3. The maximum atomic E-state index is 14.0. The zero-order chi connectivity index (χ0) is 20.5. The number of rotatable bonds is 3. The Hall–Kier alpha value is -3.01. The van der Waals surface area contributed by atoms with Gasteiger partial charge in [0.05, 0.1) is 6.61 Å². The van der Waals surface area contributed by atoms with Gasteiger partial charge < -0.3 is 15.2 Å². The third-order valence-corrected chi connectivity index (χ3v) is 4.13. The van der Waals surface area contributed by atoms with E-state index in [0.717, 1.165) is 0 Å². The van der Waals surface area contributed by atoms with Gasteiger partial charge in [0.2, 0.25) is 5.95 Å². The standard InChI is InChI=1S/C18H15F4N3O3/c1-17(9-27-15(14(23)25-17)28-16(26)18(20,21)22)11-5-2-4-10(8-11)12-6-3-7-24-13(12)19/h2-8,15H,9H2,1H3,(H2,23,25). The fourth-order valence-corrected chi connectivity index (χ4v) is 2.72. The number of nitrogens with zero attached hydrogens (tertiary/aromatic N) is 2. The highest BCUT2D eigenvalue weighted by Crippen LogP contribution is 2.33. The molecule has 0 aliphatic carbocycles. The predicted molar refractivity (Wildman–Crippen MR) is 90.5 cm³/mol. The highest BCUT2D eigenvalue weighted by atomic mass is 19.4. The van der Waals surface area contributed by atoms with Crippen LogP contribution in [0.3, 0.4) is 0 Å². The number of hydrogen-bond donors (Lipinski definition) is 1. The largest absolute Gasteiger partial charge is 0.491 e. The van der Waals surface area contributed by atoms with Gasteiger partial charge in [-0.2, -0.15) is 17.6 Å². The van der Waals surface area contributed by atoms with Crippen molar-refractivity contribution in [1.29, 1.82) is 0 Å². The summed E-state index contributed by atoms with van der Waals surface area (Å²) < 4.78 is 60.4. The first-order chi connectivity index (χ1) is 13.1. The van der Waals surface area contributed by atoms with E-state index in [1.807, 2.05) is 0 Å². The van der Waals surface area contributed by atoms with E-state index in [0.29, 0.717) is 11.1 Å². The first-order valence-corrected chi connectivity index (χ1v) is 8.06. The van der Waals surface area contributed by atoms with E-state index in [2.05, 4.69) is 14.7 Å².